The molecule has 1 saturated heterocycles. The number of aryl methyl sites for hydroxylation is 1. The fraction of sp³-hybridized carbons (Fsp3) is 0.333. The molecule has 1 fully saturated rings. The molecule has 2 aromatic rings. The molecule has 1 aliphatic rings. The number of hydrogen-bond acceptors (Lipinski definition) is 5. The van der Waals surface area contributed by atoms with Gasteiger partial charge in [-0.2, -0.15) is 5.10 Å². The van der Waals surface area contributed by atoms with E-state index in [1.807, 2.05) is 0 Å². The van der Waals surface area contributed by atoms with Crippen LogP contribution in [0.1, 0.15) is 33.4 Å². The highest BCUT2D eigenvalue weighted by atomic mass is 35.5. The lowest BCUT2D eigenvalue weighted by atomic mass is 10.2. The number of carbonyl (C=O) groups excluding carboxylic acids is 1. The molecule has 3 rings (SSSR count). The van der Waals surface area contributed by atoms with Gasteiger partial charge in [-0.3, -0.25) is 4.79 Å². The van der Waals surface area contributed by atoms with E-state index < -0.39 is 9.84 Å². The fourth-order valence-corrected chi connectivity index (χ4v) is 5.65. The first-order chi connectivity index (χ1) is 11.3. The fourth-order valence-electron chi connectivity index (χ4n) is 2.62. The molecule has 0 saturated carbocycles. The van der Waals surface area contributed by atoms with Crippen LogP contribution in [-0.4, -0.2) is 35.5 Å². The molecule has 128 valence electrons. The minimum absolute atomic E-state index is 0.0453. The van der Waals surface area contributed by atoms with Crippen LogP contribution in [0.3, 0.4) is 0 Å². The van der Waals surface area contributed by atoms with Crippen LogP contribution in [0.4, 0.5) is 0 Å². The summed E-state index contributed by atoms with van der Waals surface area (Å²) >= 11 is 13.4. The highest BCUT2D eigenvalue weighted by molar-refractivity contribution is 7.91. The van der Waals surface area contributed by atoms with Gasteiger partial charge in [-0.05, 0) is 37.6 Å². The van der Waals surface area contributed by atoms with Crippen molar-refractivity contribution in [3.05, 3.63) is 43.8 Å². The molecular formula is C15H14Cl2N2O3S2. The number of hydrogen-bond donors (Lipinski definition) is 0. The summed E-state index contributed by atoms with van der Waals surface area (Å²) in [7, 11) is -3.03. The Labute approximate surface area is 153 Å². The van der Waals surface area contributed by atoms with Gasteiger partial charge in [0.1, 0.15) is 5.15 Å². The zero-order valence-corrected chi connectivity index (χ0v) is 15.8. The van der Waals surface area contributed by atoms with E-state index >= 15 is 0 Å². The van der Waals surface area contributed by atoms with E-state index in [2.05, 4.69) is 5.10 Å². The highest BCUT2D eigenvalue weighted by Gasteiger charge is 2.31. The average Bonchev–Trinajstić information content (AvgIpc) is 3.16. The van der Waals surface area contributed by atoms with Crippen molar-refractivity contribution in [2.45, 2.75) is 19.4 Å². The standard InChI is InChI=1S/C15H14Cl2N2O3S2/c1-9-11(2-3-12(20)13-4-5-14(16)23-13)15(17)19(18-9)10-6-7-24(21,22)8-10/h2-5,10H,6-8H2,1H3/b3-2+/t10-/m1/s1. The number of aromatic nitrogens is 2. The van der Waals surface area contributed by atoms with Gasteiger partial charge in [-0.25, -0.2) is 13.1 Å². The van der Waals surface area contributed by atoms with Gasteiger partial charge >= 0.3 is 0 Å². The normalized spacial score (nSPS) is 20.0. The molecule has 24 heavy (non-hydrogen) atoms. The average molecular weight is 405 g/mol. The van der Waals surface area contributed by atoms with Gasteiger partial charge in [-0.15, -0.1) is 11.3 Å². The number of halogens is 2. The summed E-state index contributed by atoms with van der Waals surface area (Å²) in [5, 5.41) is 4.70. The van der Waals surface area contributed by atoms with Crippen LogP contribution >= 0.6 is 34.5 Å². The Morgan fingerprint density at radius 1 is 1.42 bits per heavy atom. The van der Waals surface area contributed by atoms with Crippen molar-refractivity contribution in [1.82, 2.24) is 9.78 Å². The Bertz CT molecular complexity index is 929. The number of thiophene rings is 1. The summed E-state index contributed by atoms with van der Waals surface area (Å²) in [4.78, 5) is 12.7. The van der Waals surface area contributed by atoms with Crippen molar-refractivity contribution in [2.75, 3.05) is 11.5 Å². The second-order valence-corrected chi connectivity index (χ2v) is 9.89. The number of carbonyl (C=O) groups is 1. The summed E-state index contributed by atoms with van der Waals surface area (Å²) < 4.78 is 25.4. The van der Waals surface area contributed by atoms with Gasteiger partial charge in [0.15, 0.2) is 15.6 Å². The van der Waals surface area contributed by atoms with E-state index in [0.29, 0.717) is 32.0 Å². The van der Waals surface area contributed by atoms with Crippen LogP contribution in [0.25, 0.3) is 6.08 Å². The number of nitrogens with zero attached hydrogens (tertiary/aromatic N) is 2. The summed E-state index contributed by atoms with van der Waals surface area (Å²) in [5.41, 5.74) is 1.27. The molecule has 0 aliphatic carbocycles. The zero-order chi connectivity index (χ0) is 17.5. The third kappa shape index (κ3) is 3.59. The predicted molar refractivity (Wildman–Crippen MR) is 97.0 cm³/mol. The largest absolute Gasteiger partial charge is 0.288 e. The lowest BCUT2D eigenvalue weighted by molar-refractivity contribution is 0.105. The number of allylic oxidation sites excluding steroid dienone is 1. The smallest absolute Gasteiger partial charge is 0.195 e. The van der Waals surface area contributed by atoms with Gasteiger partial charge in [0.05, 0.1) is 32.5 Å². The van der Waals surface area contributed by atoms with Gasteiger partial charge < -0.3 is 0 Å². The van der Waals surface area contributed by atoms with Crippen LogP contribution in [0.5, 0.6) is 0 Å². The maximum Gasteiger partial charge on any atom is 0.195 e. The molecule has 1 aliphatic heterocycles. The molecule has 9 heteroatoms. The molecule has 0 amide bonds. The Hall–Kier alpha value is -1.15. The summed E-state index contributed by atoms with van der Waals surface area (Å²) in [6.45, 7) is 1.78. The molecule has 0 spiro atoms. The molecule has 0 bridgehead atoms. The van der Waals surface area contributed by atoms with Crippen molar-refractivity contribution in [3.8, 4) is 0 Å². The third-order valence-electron chi connectivity index (χ3n) is 3.84. The number of sulfone groups is 1. The molecule has 0 N–H and O–H groups in total. The van der Waals surface area contributed by atoms with E-state index in [4.69, 9.17) is 23.2 Å². The first kappa shape index (κ1) is 17.7. The lowest BCUT2D eigenvalue weighted by Gasteiger charge is -2.09. The molecule has 0 radical (unpaired) electrons. The third-order valence-corrected chi connectivity index (χ3v) is 7.22. The molecule has 5 nitrogen and oxygen atoms in total. The van der Waals surface area contributed by atoms with Crippen molar-refractivity contribution in [2.24, 2.45) is 0 Å². The zero-order valence-electron chi connectivity index (χ0n) is 12.7. The first-order valence-electron chi connectivity index (χ1n) is 7.19. The molecule has 1 atom stereocenters. The second kappa shape index (κ2) is 6.63. The minimum Gasteiger partial charge on any atom is -0.288 e. The van der Waals surface area contributed by atoms with Crippen molar-refractivity contribution >= 4 is 56.2 Å². The maximum absolute atomic E-state index is 12.1. The molecule has 3 heterocycles. The van der Waals surface area contributed by atoms with E-state index in [1.165, 1.54) is 17.4 Å². The van der Waals surface area contributed by atoms with Gasteiger partial charge in [0.25, 0.3) is 0 Å². The minimum atomic E-state index is -3.03. The van der Waals surface area contributed by atoms with Crippen LogP contribution in [-0.2, 0) is 9.84 Å². The van der Waals surface area contributed by atoms with E-state index in [9.17, 15) is 13.2 Å². The van der Waals surface area contributed by atoms with Crippen LogP contribution in [0, 0.1) is 6.92 Å². The number of rotatable bonds is 4. The topological polar surface area (TPSA) is 69.0 Å². The summed E-state index contributed by atoms with van der Waals surface area (Å²) in [6.07, 6.45) is 3.54. The van der Waals surface area contributed by atoms with Crippen molar-refractivity contribution < 1.29 is 13.2 Å². The molecule has 2 aromatic heterocycles. The van der Waals surface area contributed by atoms with E-state index in [1.54, 1.807) is 29.8 Å². The quantitative estimate of drug-likeness (QED) is 0.573. The van der Waals surface area contributed by atoms with Crippen molar-refractivity contribution in [3.63, 3.8) is 0 Å². The Kier molecular flexibility index (Phi) is 4.88. The second-order valence-electron chi connectivity index (χ2n) is 5.59. The maximum atomic E-state index is 12.1. The SMILES string of the molecule is Cc1nn([C@@H]2CCS(=O)(=O)C2)c(Cl)c1/C=C/C(=O)c1ccc(Cl)s1. The van der Waals surface area contributed by atoms with Crippen LogP contribution in [0.2, 0.25) is 9.49 Å². The Morgan fingerprint density at radius 3 is 2.75 bits per heavy atom. The predicted octanol–water partition coefficient (Wildman–Crippen LogP) is 3.82. The van der Waals surface area contributed by atoms with Gasteiger partial charge in [0.2, 0.25) is 0 Å². The number of ketones is 1. The monoisotopic (exact) mass is 404 g/mol. The highest BCUT2D eigenvalue weighted by Crippen LogP contribution is 2.30. The van der Waals surface area contributed by atoms with Gasteiger partial charge in [-0.1, -0.05) is 23.2 Å². The Morgan fingerprint density at radius 2 is 2.17 bits per heavy atom. The van der Waals surface area contributed by atoms with Crippen molar-refractivity contribution in [1.29, 1.82) is 0 Å². The lowest BCUT2D eigenvalue weighted by Crippen LogP contribution is -2.12. The first-order valence-corrected chi connectivity index (χ1v) is 10.6. The molecule has 0 aromatic carbocycles. The molecular weight excluding hydrogens is 391 g/mol. The van der Waals surface area contributed by atoms with Gasteiger partial charge in [0, 0.05) is 5.56 Å². The van der Waals surface area contributed by atoms with E-state index in [-0.39, 0.29) is 23.3 Å². The van der Waals surface area contributed by atoms with Crippen LogP contribution < -0.4 is 0 Å². The van der Waals surface area contributed by atoms with E-state index in [0.717, 1.165) is 0 Å². The molecule has 0 unspecified atom stereocenters. The Balaban J connectivity index is 1.84. The summed E-state index contributed by atoms with van der Waals surface area (Å²) in [5.74, 6) is 0.0258. The van der Waals surface area contributed by atoms with Crippen LogP contribution in [0.15, 0.2) is 18.2 Å². The summed E-state index contributed by atoms with van der Waals surface area (Å²) in [6, 6.07) is 3.08.